The number of hydrogen-bond acceptors (Lipinski definition) is 5. The van der Waals surface area contributed by atoms with Crippen molar-refractivity contribution < 1.29 is 29.0 Å². The van der Waals surface area contributed by atoms with Gasteiger partial charge in [0.15, 0.2) is 5.60 Å². The minimum Gasteiger partial charge on any atom is -0.476 e. The van der Waals surface area contributed by atoms with Gasteiger partial charge in [-0.2, -0.15) is 0 Å². The predicted octanol–water partition coefficient (Wildman–Crippen LogP) is 5.49. The molecule has 3 amide bonds. The average Bonchev–Trinajstić information content (AvgIpc) is 2.92. The van der Waals surface area contributed by atoms with E-state index in [9.17, 15) is 19.5 Å². The molecule has 0 aliphatic carbocycles. The summed E-state index contributed by atoms with van der Waals surface area (Å²) in [5, 5.41) is 9.54. The second-order valence-corrected chi connectivity index (χ2v) is 11.8. The lowest BCUT2D eigenvalue weighted by molar-refractivity contribution is -0.132. The standard InChI is InChI=1S/C32H43N3O6/c1-22(2)35(25-14-11-15-33(20-25)31(38)39)29(36)26-19-27-28(18-23(26)3)41-32(4,5)30(37)34(27)16-9-10-17-40-21-24-12-7-6-8-13-24/h6-8,12-13,18-19,22,25H,9-11,14-17,20-21H2,1-5H3,(H,38,39)/t25-/m1/s1. The van der Waals surface area contributed by atoms with Gasteiger partial charge in [0, 0.05) is 37.8 Å². The van der Waals surface area contributed by atoms with Crippen molar-refractivity contribution in [1.29, 1.82) is 0 Å². The van der Waals surface area contributed by atoms with Gasteiger partial charge in [0.2, 0.25) is 0 Å². The number of carbonyl (C=O) groups is 3. The third-order valence-electron chi connectivity index (χ3n) is 7.84. The van der Waals surface area contributed by atoms with Gasteiger partial charge in [-0.15, -0.1) is 0 Å². The highest BCUT2D eigenvalue weighted by Crippen LogP contribution is 2.40. The van der Waals surface area contributed by atoms with Crippen LogP contribution in [0, 0.1) is 6.92 Å². The quantitative estimate of drug-likeness (QED) is 0.383. The summed E-state index contributed by atoms with van der Waals surface area (Å²) >= 11 is 0. The molecule has 1 N–H and O–H groups in total. The molecule has 1 saturated heterocycles. The van der Waals surface area contributed by atoms with Crippen LogP contribution >= 0.6 is 0 Å². The molecule has 0 bridgehead atoms. The van der Waals surface area contributed by atoms with Gasteiger partial charge in [-0.3, -0.25) is 9.59 Å². The molecular weight excluding hydrogens is 522 g/mol. The number of unbranched alkanes of at least 4 members (excludes halogenated alkanes) is 1. The highest BCUT2D eigenvalue weighted by molar-refractivity contribution is 6.05. The topological polar surface area (TPSA) is 99.6 Å². The van der Waals surface area contributed by atoms with Gasteiger partial charge in [0.25, 0.3) is 11.8 Å². The fraction of sp³-hybridized carbons (Fsp3) is 0.531. The Kier molecular flexibility index (Phi) is 9.58. The zero-order chi connectivity index (χ0) is 29.7. The highest BCUT2D eigenvalue weighted by Gasteiger charge is 2.42. The zero-order valence-corrected chi connectivity index (χ0v) is 24.9. The average molecular weight is 566 g/mol. The van der Waals surface area contributed by atoms with Crippen molar-refractivity contribution in [1.82, 2.24) is 9.80 Å². The predicted molar refractivity (Wildman–Crippen MR) is 157 cm³/mol. The molecular formula is C32H43N3O6. The van der Waals surface area contributed by atoms with Crippen LogP contribution in [0.5, 0.6) is 5.75 Å². The third-order valence-corrected chi connectivity index (χ3v) is 7.84. The number of anilines is 1. The summed E-state index contributed by atoms with van der Waals surface area (Å²) in [6.45, 7) is 11.7. The Morgan fingerprint density at radius 2 is 1.90 bits per heavy atom. The van der Waals surface area contributed by atoms with Crippen molar-refractivity contribution in [2.45, 2.75) is 84.6 Å². The maximum atomic E-state index is 14.0. The van der Waals surface area contributed by atoms with Crippen molar-refractivity contribution >= 4 is 23.6 Å². The van der Waals surface area contributed by atoms with Crippen LogP contribution in [0.15, 0.2) is 42.5 Å². The maximum absolute atomic E-state index is 14.0. The number of rotatable bonds is 10. The molecule has 1 fully saturated rings. The number of amides is 3. The molecule has 0 aromatic heterocycles. The second kappa shape index (κ2) is 12.9. The number of likely N-dealkylation sites (tertiary alicyclic amines) is 1. The van der Waals surface area contributed by atoms with Crippen LogP contribution in [0.3, 0.4) is 0 Å². The molecule has 1 atom stereocenters. The van der Waals surface area contributed by atoms with E-state index in [1.165, 1.54) is 4.90 Å². The Morgan fingerprint density at radius 1 is 1.17 bits per heavy atom. The molecule has 0 unspecified atom stereocenters. The molecule has 2 aliphatic heterocycles. The third kappa shape index (κ3) is 7.01. The molecule has 9 nitrogen and oxygen atoms in total. The molecule has 222 valence electrons. The monoisotopic (exact) mass is 565 g/mol. The number of benzene rings is 2. The second-order valence-electron chi connectivity index (χ2n) is 11.8. The molecule has 4 rings (SSSR count). The fourth-order valence-corrected chi connectivity index (χ4v) is 5.72. The molecule has 2 heterocycles. The molecule has 41 heavy (non-hydrogen) atoms. The lowest BCUT2D eigenvalue weighted by Crippen LogP contribution is -2.54. The van der Waals surface area contributed by atoms with Crippen LogP contribution in [-0.2, 0) is 16.1 Å². The minimum absolute atomic E-state index is 0.125. The Hall–Kier alpha value is -3.59. The smallest absolute Gasteiger partial charge is 0.407 e. The highest BCUT2D eigenvalue weighted by atomic mass is 16.5. The van der Waals surface area contributed by atoms with Gasteiger partial charge >= 0.3 is 6.09 Å². The summed E-state index contributed by atoms with van der Waals surface area (Å²) in [7, 11) is 0. The summed E-state index contributed by atoms with van der Waals surface area (Å²) < 4.78 is 11.9. The van der Waals surface area contributed by atoms with Crippen molar-refractivity contribution in [2.24, 2.45) is 0 Å². The van der Waals surface area contributed by atoms with Gasteiger partial charge in [-0.1, -0.05) is 30.3 Å². The van der Waals surface area contributed by atoms with E-state index < -0.39 is 11.7 Å². The number of nitrogens with zero attached hydrogens (tertiary/aromatic N) is 3. The SMILES string of the molecule is Cc1cc2c(cc1C(=O)N(C(C)C)[C@@H]1CCCN(C(=O)O)C1)N(CCCCOCc1ccccc1)C(=O)C(C)(C)O2. The lowest BCUT2D eigenvalue weighted by Gasteiger charge is -2.41. The Morgan fingerprint density at radius 3 is 2.59 bits per heavy atom. The van der Waals surface area contributed by atoms with Crippen LogP contribution in [-0.4, -0.2) is 76.7 Å². The first-order chi connectivity index (χ1) is 19.5. The van der Waals surface area contributed by atoms with E-state index in [0.717, 1.165) is 30.4 Å². The fourth-order valence-electron chi connectivity index (χ4n) is 5.72. The van der Waals surface area contributed by atoms with Crippen molar-refractivity contribution in [3.63, 3.8) is 0 Å². The van der Waals surface area contributed by atoms with Crippen LogP contribution in [0.1, 0.15) is 74.9 Å². The Bertz CT molecular complexity index is 1250. The van der Waals surface area contributed by atoms with Crippen LogP contribution in [0.2, 0.25) is 0 Å². The van der Waals surface area contributed by atoms with Crippen LogP contribution < -0.4 is 9.64 Å². The Labute approximate surface area is 243 Å². The van der Waals surface area contributed by atoms with Crippen LogP contribution in [0.4, 0.5) is 10.5 Å². The number of aryl methyl sites for hydroxylation is 1. The Balaban J connectivity index is 1.51. The largest absolute Gasteiger partial charge is 0.476 e. The lowest BCUT2D eigenvalue weighted by atomic mass is 9.97. The van der Waals surface area contributed by atoms with Gasteiger partial charge in [0.1, 0.15) is 5.75 Å². The molecule has 0 spiro atoms. The van der Waals surface area contributed by atoms with Crippen molar-refractivity contribution in [3.05, 3.63) is 59.2 Å². The molecule has 2 aromatic rings. The van der Waals surface area contributed by atoms with Crippen molar-refractivity contribution in [3.8, 4) is 5.75 Å². The number of hydrogen-bond donors (Lipinski definition) is 1. The number of piperidine rings is 1. The summed E-state index contributed by atoms with van der Waals surface area (Å²) in [5.74, 6) is 0.265. The summed E-state index contributed by atoms with van der Waals surface area (Å²) in [6, 6.07) is 13.3. The minimum atomic E-state index is -1.03. The van der Waals surface area contributed by atoms with E-state index in [-0.39, 0.29) is 30.4 Å². The van der Waals surface area contributed by atoms with Crippen molar-refractivity contribution in [2.75, 3.05) is 31.1 Å². The first kappa shape index (κ1) is 30.4. The summed E-state index contributed by atoms with van der Waals surface area (Å²) in [4.78, 5) is 44.1. The number of carboxylic acid groups (broad SMARTS) is 1. The van der Waals surface area contributed by atoms with E-state index in [4.69, 9.17) is 9.47 Å². The molecule has 0 radical (unpaired) electrons. The van der Waals surface area contributed by atoms with Gasteiger partial charge in [-0.25, -0.2) is 4.79 Å². The van der Waals surface area contributed by atoms with Gasteiger partial charge in [-0.05, 0) is 83.6 Å². The van der Waals surface area contributed by atoms with Gasteiger partial charge in [0.05, 0.1) is 18.3 Å². The molecule has 2 aliphatic rings. The first-order valence-corrected chi connectivity index (χ1v) is 14.6. The number of fused-ring (bicyclic) bond motifs is 1. The van der Waals surface area contributed by atoms with E-state index in [2.05, 4.69) is 0 Å². The van der Waals surface area contributed by atoms with Crippen LogP contribution in [0.25, 0.3) is 0 Å². The van der Waals surface area contributed by atoms with E-state index in [0.29, 0.717) is 49.7 Å². The molecule has 2 aromatic carbocycles. The van der Waals surface area contributed by atoms with E-state index in [1.54, 1.807) is 29.7 Å². The zero-order valence-electron chi connectivity index (χ0n) is 24.9. The number of carbonyl (C=O) groups excluding carboxylic acids is 2. The summed E-state index contributed by atoms with van der Waals surface area (Å²) in [5.41, 5.74) is 1.94. The molecule has 9 heteroatoms. The van der Waals surface area contributed by atoms with Gasteiger partial charge < -0.3 is 29.3 Å². The molecule has 0 saturated carbocycles. The normalized spacial score (nSPS) is 18.2. The van der Waals surface area contributed by atoms with E-state index >= 15 is 0 Å². The summed E-state index contributed by atoms with van der Waals surface area (Å²) in [6.07, 6.45) is 2.00. The number of ether oxygens (including phenoxy) is 2. The maximum Gasteiger partial charge on any atom is 0.407 e. The first-order valence-electron chi connectivity index (χ1n) is 14.6. The van der Waals surface area contributed by atoms with E-state index in [1.807, 2.05) is 57.2 Å².